The van der Waals surface area contributed by atoms with E-state index in [4.69, 9.17) is 16.6 Å². The van der Waals surface area contributed by atoms with Crippen molar-refractivity contribution in [3.8, 4) is 11.3 Å². The van der Waals surface area contributed by atoms with Crippen LogP contribution < -0.4 is 5.32 Å². The Morgan fingerprint density at radius 1 is 0.875 bits per heavy atom. The number of nitrogens with zero attached hydrogens (tertiary/aromatic N) is 2. The smallest absolute Gasteiger partial charge is 0.139 e. The van der Waals surface area contributed by atoms with Gasteiger partial charge in [-0.3, -0.25) is 4.40 Å². The van der Waals surface area contributed by atoms with E-state index < -0.39 is 0 Å². The van der Waals surface area contributed by atoms with Crippen molar-refractivity contribution in [3.63, 3.8) is 0 Å². The minimum Gasteiger partial charge on any atom is -0.365 e. The van der Waals surface area contributed by atoms with Crippen molar-refractivity contribution in [1.82, 2.24) is 9.38 Å². The molecule has 0 atom stereocenters. The zero-order valence-corrected chi connectivity index (χ0v) is 13.7. The molecule has 0 spiro atoms. The SMILES string of the molecule is Clc1ccc2nc(-c3ccccc3)c(NCc3ccccc3)n2c1. The Balaban J connectivity index is 1.80. The maximum Gasteiger partial charge on any atom is 0.139 e. The lowest BCUT2D eigenvalue weighted by molar-refractivity contribution is 1.08. The maximum atomic E-state index is 6.19. The Kier molecular flexibility index (Phi) is 3.93. The van der Waals surface area contributed by atoms with Crippen LogP contribution in [-0.2, 0) is 6.54 Å². The largest absolute Gasteiger partial charge is 0.365 e. The monoisotopic (exact) mass is 333 g/mol. The summed E-state index contributed by atoms with van der Waals surface area (Å²) >= 11 is 6.19. The summed E-state index contributed by atoms with van der Waals surface area (Å²) in [6.07, 6.45) is 1.89. The lowest BCUT2D eigenvalue weighted by Gasteiger charge is -2.09. The van der Waals surface area contributed by atoms with Crippen molar-refractivity contribution in [3.05, 3.63) is 89.6 Å². The van der Waals surface area contributed by atoms with Crippen LogP contribution in [0.1, 0.15) is 5.56 Å². The van der Waals surface area contributed by atoms with Crippen LogP contribution >= 0.6 is 11.6 Å². The lowest BCUT2D eigenvalue weighted by Crippen LogP contribution is -2.03. The molecular weight excluding hydrogens is 318 g/mol. The van der Waals surface area contributed by atoms with Crippen LogP contribution in [0.15, 0.2) is 79.0 Å². The van der Waals surface area contributed by atoms with Crippen LogP contribution in [0.2, 0.25) is 5.02 Å². The fourth-order valence-electron chi connectivity index (χ4n) is 2.77. The summed E-state index contributed by atoms with van der Waals surface area (Å²) in [4.78, 5) is 4.78. The molecule has 0 unspecified atom stereocenters. The van der Waals surface area contributed by atoms with E-state index in [1.807, 2.05) is 59.1 Å². The molecule has 2 heterocycles. The molecule has 0 aliphatic heterocycles. The van der Waals surface area contributed by atoms with Gasteiger partial charge >= 0.3 is 0 Å². The summed E-state index contributed by atoms with van der Waals surface area (Å²) in [7, 11) is 0. The number of fused-ring (bicyclic) bond motifs is 1. The van der Waals surface area contributed by atoms with Gasteiger partial charge in [-0.25, -0.2) is 4.98 Å². The maximum absolute atomic E-state index is 6.19. The summed E-state index contributed by atoms with van der Waals surface area (Å²) < 4.78 is 2.01. The molecule has 0 radical (unpaired) electrons. The first-order valence-corrected chi connectivity index (χ1v) is 8.20. The van der Waals surface area contributed by atoms with E-state index in [0.717, 1.165) is 29.3 Å². The summed E-state index contributed by atoms with van der Waals surface area (Å²) in [5.41, 5.74) is 4.09. The molecule has 0 saturated carbocycles. The molecule has 24 heavy (non-hydrogen) atoms. The normalized spacial score (nSPS) is 10.9. The van der Waals surface area contributed by atoms with Crippen molar-refractivity contribution >= 4 is 23.1 Å². The number of hydrogen-bond acceptors (Lipinski definition) is 2. The standard InChI is InChI=1S/C20H16ClN3/c21-17-11-12-18-23-19(16-9-5-2-6-10-16)20(24(18)14-17)22-13-15-7-3-1-4-8-15/h1-12,14,22H,13H2. The highest BCUT2D eigenvalue weighted by Gasteiger charge is 2.14. The zero-order chi connectivity index (χ0) is 16.4. The Morgan fingerprint density at radius 3 is 2.33 bits per heavy atom. The molecule has 0 saturated heterocycles. The number of anilines is 1. The second kappa shape index (κ2) is 6.38. The van der Waals surface area contributed by atoms with Crippen molar-refractivity contribution in [2.75, 3.05) is 5.32 Å². The Hall–Kier alpha value is -2.78. The third kappa shape index (κ3) is 2.86. The third-order valence-electron chi connectivity index (χ3n) is 3.93. The summed E-state index contributed by atoms with van der Waals surface area (Å²) in [6, 6.07) is 24.3. The van der Waals surface area contributed by atoms with Crippen LogP contribution in [0.25, 0.3) is 16.9 Å². The van der Waals surface area contributed by atoms with Gasteiger partial charge in [-0.1, -0.05) is 72.3 Å². The van der Waals surface area contributed by atoms with Crippen molar-refractivity contribution in [2.24, 2.45) is 0 Å². The fraction of sp³-hybridized carbons (Fsp3) is 0.0500. The van der Waals surface area contributed by atoms with Gasteiger partial charge < -0.3 is 5.32 Å². The number of aromatic nitrogens is 2. The van der Waals surface area contributed by atoms with E-state index in [1.165, 1.54) is 5.56 Å². The first-order chi connectivity index (χ1) is 11.8. The highest BCUT2D eigenvalue weighted by Crippen LogP contribution is 2.30. The van der Waals surface area contributed by atoms with Gasteiger partial charge in [0.05, 0.1) is 5.02 Å². The van der Waals surface area contributed by atoms with E-state index >= 15 is 0 Å². The molecule has 1 N–H and O–H groups in total. The highest BCUT2D eigenvalue weighted by atomic mass is 35.5. The molecule has 3 nitrogen and oxygen atoms in total. The molecule has 4 heteroatoms. The molecule has 4 rings (SSSR count). The highest BCUT2D eigenvalue weighted by molar-refractivity contribution is 6.30. The van der Waals surface area contributed by atoms with E-state index in [-0.39, 0.29) is 0 Å². The number of benzene rings is 2. The molecule has 2 aromatic heterocycles. The predicted octanol–water partition coefficient (Wildman–Crippen LogP) is 5.27. The van der Waals surface area contributed by atoms with Gasteiger partial charge in [-0.15, -0.1) is 0 Å². The van der Waals surface area contributed by atoms with Gasteiger partial charge in [0.15, 0.2) is 0 Å². The molecule has 118 valence electrons. The Morgan fingerprint density at radius 2 is 1.58 bits per heavy atom. The number of rotatable bonds is 4. The van der Waals surface area contributed by atoms with E-state index in [1.54, 1.807) is 0 Å². The van der Waals surface area contributed by atoms with Crippen LogP contribution in [0.3, 0.4) is 0 Å². The molecule has 0 aliphatic carbocycles. The third-order valence-corrected chi connectivity index (χ3v) is 4.16. The van der Waals surface area contributed by atoms with Gasteiger partial charge in [0, 0.05) is 18.3 Å². The van der Waals surface area contributed by atoms with Crippen LogP contribution in [0, 0.1) is 0 Å². The molecule has 0 fully saturated rings. The summed E-state index contributed by atoms with van der Waals surface area (Å²) in [5, 5.41) is 4.20. The minimum atomic E-state index is 0.683. The van der Waals surface area contributed by atoms with Crippen LogP contribution in [0.4, 0.5) is 5.82 Å². The van der Waals surface area contributed by atoms with Gasteiger partial charge in [0.1, 0.15) is 17.2 Å². The number of hydrogen-bond donors (Lipinski definition) is 1. The number of nitrogens with one attached hydrogen (secondary N) is 1. The predicted molar refractivity (Wildman–Crippen MR) is 99.4 cm³/mol. The van der Waals surface area contributed by atoms with Crippen molar-refractivity contribution < 1.29 is 0 Å². The fourth-order valence-corrected chi connectivity index (χ4v) is 2.93. The average molecular weight is 334 g/mol. The lowest BCUT2D eigenvalue weighted by atomic mass is 10.1. The topological polar surface area (TPSA) is 29.3 Å². The molecule has 0 aliphatic rings. The van der Waals surface area contributed by atoms with Gasteiger partial charge in [0.2, 0.25) is 0 Å². The molecule has 4 aromatic rings. The average Bonchev–Trinajstić information content (AvgIpc) is 2.99. The van der Waals surface area contributed by atoms with Crippen molar-refractivity contribution in [2.45, 2.75) is 6.54 Å². The van der Waals surface area contributed by atoms with E-state index in [9.17, 15) is 0 Å². The van der Waals surface area contributed by atoms with Crippen molar-refractivity contribution in [1.29, 1.82) is 0 Å². The first kappa shape index (κ1) is 14.8. The zero-order valence-electron chi connectivity index (χ0n) is 13.0. The van der Waals surface area contributed by atoms with Crippen LogP contribution in [-0.4, -0.2) is 9.38 Å². The van der Waals surface area contributed by atoms with Crippen LogP contribution in [0.5, 0.6) is 0 Å². The summed E-state index contributed by atoms with van der Waals surface area (Å²) in [6.45, 7) is 0.723. The van der Waals surface area contributed by atoms with E-state index in [0.29, 0.717) is 5.02 Å². The molecule has 2 aromatic carbocycles. The molecular formula is C20H16ClN3. The minimum absolute atomic E-state index is 0.683. The first-order valence-electron chi connectivity index (χ1n) is 7.82. The molecule has 0 amide bonds. The number of halogens is 1. The van der Waals surface area contributed by atoms with E-state index in [2.05, 4.69) is 29.6 Å². The second-order valence-corrected chi connectivity index (χ2v) is 6.03. The van der Waals surface area contributed by atoms with Gasteiger partial charge in [0.25, 0.3) is 0 Å². The second-order valence-electron chi connectivity index (χ2n) is 5.59. The molecule has 0 bridgehead atoms. The number of pyridine rings is 1. The quantitative estimate of drug-likeness (QED) is 0.551. The number of imidazole rings is 1. The van der Waals surface area contributed by atoms with Gasteiger partial charge in [-0.05, 0) is 17.7 Å². The van der Waals surface area contributed by atoms with Gasteiger partial charge in [-0.2, -0.15) is 0 Å². The Bertz CT molecular complexity index is 962. The summed E-state index contributed by atoms with van der Waals surface area (Å²) in [5.74, 6) is 0.947. The Labute approximate surface area is 145 Å².